The molecule has 132 valence electrons. The van der Waals surface area contributed by atoms with Crippen LogP contribution in [0.15, 0.2) is 48.8 Å². The summed E-state index contributed by atoms with van der Waals surface area (Å²) < 4.78 is 61.8. The maximum Gasteiger partial charge on any atom is 0.201 e. The molecule has 0 saturated carbocycles. The standard InChI is InChI=1S/C20H18F4O/c1-3-5-6-7-13-8-9-14(18(22)17(13)21)15-10-11-16(25-12-4-2)20(24)19(15)23/h3-5,8-12H,6-7H2,1-2H3/b5-3+,12-4+. The lowest BCUT2D eigenvalue weighted by molar-refractivity contribution is 0.415. The van der Waals surface area contributed by atoms with Crippen molar-refractivity contribution >= 4 is 0 Å². The second-order valence-electron chi connectivity index (χ2n) is 5.33. The maximum atomic E-state index is 14.3. The number of rotatable bonds is 6. The van der Waals surface area contributed by atoms with Crippen molar-refractivity contribution in [3.05, 3.63) is 77.6 Å². The SMILES string of the molecule is C/C=C/CCc1ccc(-c2ccc(O/C=C/C)c(F)c2F)c(F)c1F. The number of aryl methyl sites for hydroxylation is 1. The highest BCUT2D eigenvalue weighted by Gasteiger charge is 2.21. The van der Waals surface area contributed by atoms with Gasteiger partial charge in [0.1, 0.15) is 0 Å². The Kier molecular flexibility index (Phi) is 6.39. The number of halogens is 4. The fourth-order valence-electron chi connectivity index (χ4n) is 2.37. The summed E-state index contributed by atoms with van der Waals surface area (Å²) in [7, 11) is 0. The Hall–Kier alpha value is -2.56. The summed E-state index contributed by atoms with van der Waals surface area (Å²) in [6, 6.07) is 4.98. The number of benzene rings is 2. The van der Waals surface area contributed by atoms with E-state index in [1.807, 2.05) is 19.1 Å². The molecule has 1 nitrogen and oxygen atoms in total. The lowest BCUT2D eigenvalue weighted by atomic mass is 9.99. The number of hydrogen-bond acceptors (Lipinski definition) is 1. The summed E-state index contributed by atoms with van der Waals surface area (Å²) in [6.45, 7) is 3.49. The van der Waals surface area contributed by atoms with Crippen molar-refractivity contribution in [1.82, 2.24) is 0 Å². The molecule has 0 aliphatic carbocycles. The van der Waals surface area contributed by atoms with Crippen LogP contribution in [-0.4, -0.2) is 0 Å². The number of allylic oxidation sites excluding steroid dienone is 3. The number of ether oxygens (including phenoxy) is 1. The Morgan fingerprint density at radius 3 is 2.08 bits per heavy atom. The van der Waals surface area contributed by atoms with E-state index < -0.39 is 23.3 Å². The quantitative estimate of drug-likeness (QED) is 0.336. The van der Waals surface area contributed by atoms with Crippen molar-refractivity contribution in [1.29, 1.82) is 0 Å². The Morgan fingerprint density at radius 1 is 0.800 bits per heavy atom. The van der Waals surface area contributed by atoms with E-state index in [1.54, 1.807) is 6.92 Å². The summed E-state index contributed by atoms with van der Waals surface area (Å²) in [4.78, 5) is 0. The van der Waals surface area contributed by atoms with Gasteiger partial charge in [0.2, 0.25) is 5.82 Å². The average molecular weight is 350 g/mol. The van der Waals surface area contributed by atoms with Gasteiger partial charge in [0.25, 0.3) is 0 Å². The zero-order valence-corrected chi connectivity index (χ0v) is 14.0. The predicted octanol–water partition coefficient (Wildman–Crippen LogP) is 6.33. The molecule has 0 bridgehead atoms. The number of hydrogen-bond donors (Lipinski definition) is 0. The Bertz CT molecular complexity index is 810. The van der Waals surface area contributed by atoms with E-state index in [0.29, 0.717) is 12.8 Å². The van der Waals surface area contributed by atoms with Gasteiger partial charge < -0.3 is 4.74 Å². The lowest BCUT2D eigenvalue weighted by Gasteiger charge is -2.11. The smallest absolute Gasteiger partial charge is 0.201 e. The minimum atomic E-state index is -1.29. The normalized spacial score (nSPS) is 11.6. The first-order valence-corrected chi connectivity index (χ1v) is 7.85. The molecule has 0 spiro atoms. The molecule has 2 rings (SSSR count). The van der Waals surface area contributed by atoms with Crippen LogP contribution in [0.5, 0.6) is 5.75 Å². The highest BCUT2D eigenvalue weighted by atomic mass is 19.2. The van der Waals surface area contributed by atoms with E-state index in [9.17, 15) is 17.6 Å². The van der Waals surface area contributed by atoms with Crippen molar-refractivity contribution in [3.63, 3.8) is 0 Å². The van der Waals surface area contributed by atoms with Gasteiger partial charge in [0, 0.05) is 11.1 Å². The third-order valence-electron chi connectivity index (χ3n) is 3.65. The molecule has 0 radical (unpaired) electrons. The minimum Gasteiger partial charge on any atom is -0.462 e. The third-order valence-corrected chi connectivity index (χ3v) is 3.65. The average Bonchev–Trinajstić information content (AvgIpc) is 2.61. The van der Waals surface area contributed by atoms with Crippen LogP contribution in [0, 0.1) is 23.3 Å². The van der Waals surface area contributed by atoms with Gasteiger partial charge in [-0.05, 0) is 44.4 Å². The van der Waals surface area contributed by atoms with Crippen LogP contribution >= 0.6 is 0 Å². The largest absolute Gasteiger partial charge is 0.462 e. The highest BCUT2D eigenvalue weighted by Crippen LogP contribution is 2.33. The van der Waals surface area contributed by atoms with Crippen LogP contribution in [0.25, 0.3) is 11.1 Å². The second-order valence-corrected chi connectivity index (χ2v) is 5.33. The van der Waals surface area contributed by atoms with E-state index in [1.165, 1.54) is 30.5 Å². The summed E-state index contributed by atoms with van der Waals surface area (Å²) in [5, 5.41) is 0. The zero-order valence-electron chi connectivity index (χ0n) is 14.0. The summed E-state index contributed by atoms with van der Waals surface area (Å²) in [5.41, 5.74) is -0.503. The van der Waals surface area contributed by atoms with Gasteiger partial charge in [-0.25, -0.2) is 13.2 Å². The van der Waals surface area contributed by atoms with Crippen LogP contribution in [0.2, 0.25) is 0 Å². The van der Waals surface area contributed by atoms with Crippen molar-refractivity contribution in [2.45, 2.75) is 26.7 Å². The van der Waals surface area contributed by atoms with Crippen molar-refractivity contribution in [2.75, 3.05) is 0 Å². The predicted molar refractivity (Wildman–Crippen MR) is 90.3 cm³/mol. The van der Waals surface area contributed by atoms with Gasteiger partial charge in [0.05, 0.1) is 6.26 Å². The molecule has 0 N–H and O–H groups in total. The van der Waals surface area contributed by atoms with Crippen LogP contribution < -0.4 is 4.74 Å². The molecule has 0 amide bonds. The molecule has 0 aliphatic rings. The van der Waals surface area contributed by atoms with E-state index in [-0.39, 0.29) is 22.4 Å². The summed E-state index contributed by atoms with van der Waals surface area (Å²) in [5.74, 6) is -5.12. The fraction of sp³-hybridized carbons (Fsp3) is 0.200. The van der Waals surface area contributed by atoms with Gasteiger partial charge >= 0.3 is 0 Å². The summed E-state index contributed by atoms with van der Waals surface area (Å²) >= 11 is 0. The third kappa shape index (κ3) is 4.10. The van der Waals surface area contributed by atoms with E-state index in [4.69, 9.17) is 4.74 Å². The lowest BCUT2D eigenvalue weighted by Crippen LogP contribution is -2.00. The molecule has 25 heavy (non-hydrogen) atoms. The van der Waals surface area contributed by atoms with Crippen molar-refractivity contribution in [2.24, 2.45) is 0 Å². The van der Waals surface area contributed by atoms with Gasteiger partial charge in [-0.15, -0.1) is 0 Å². The molecule has 2 aromatic carbocycles. The minimum absolute atomic E-state index is 0.188. The molecule has 5 heteroatoms. The van der Waals surface area contributed by atoms with E-state index in [0.717, 1.165) is 6.07 Å². The van der Waals surface area contributed by atoms with Gasteiger partial charge in [-0.1, -0.05) is 30.4 Å². The molecule has 0 heterocycles. The second kappa shape index (κ2) is 8.51. The van der Waals surface area contributed by atoms with Crippen LogP contribution in [-0.2, 0) is 6.42 Å². The Morgan fingerprint density at radius 2 is 1.44 bits per heavy atom. The van der Waals surface area contributed by atoms with Gasteiger partial charge in [-0.2, -0.15) is 4.39 Å². The molecule has 2 aromatic rings. The van der Waals surface area contributed by atoms with Crippen molar-refractivity contribution < 1.29 is 22.3 Å². The molecule has 0 aromatic heterocycles. The Labute approximate surface area is 144 Å². The maximum absolute atomic E-state index is 14.3. The Balaban J connectivity index is 2.42. The van der Waals surface area contributed by atoms with Crippen LogP contribution in [0.3, 0.4) is 0 Å². The highest BCUT2D eigenvalue weighted by molar-refractivity contribution is 5.66. The van der Waals surface area contributed by atoms with Crippen LogP contribution in [0.4, 0.5) is 17.6 Å². The monoisotopic (exact) mass is 350 g/mol. The summed E-state index contributed by atoms with van der Waals surface area (Å²) in [6.07, 6.45) is 7.23. The zero-order chi connectivity index (χ0) is 18.4. The molecule has 0 fully saturated rings. The fourth-order valence-corrected chi connectivity index (χ4v) is 2.37. The van der Waals surface area contributed by atoms with Crippen LogP contribution in [0.1, 0.15) is 25.8 Å². The topological polar surface area (TPSA) is 9.23 Å². The first-order valence-electron chi connectivity index (χ1n) is 7.85. The molecule has 0 unspecified atom stereocenters. The van der Waals surface area contributed by atoms with Gasteiger partial charge in [-0.3, -0.25) is 0 Å². The first-order chi connectivity index (χ1) is 12.0. The molecular formula is C20H18F4O. The molecule has 0 atom stereocenters. The van der Waals surface area contributed by atoms with E-state index >= 15 is 0 Å². The van der Waals surface area contributed by atoms with Crippen molar-refractivity contribution in [3.8, 4) is 16.9 Å². The van der Waals surface area contributed by atoms with E-state index in [2.05, 4.69) is 0 Å². The first kappa shape index (κ1) is 18.8. The van der Waals surface area contributed by atoms with Gasteiger partial charge in [0.15, 0.2) is 23.2 Å². The molecular weight excluding hydrogens is 332 g/mol. The molecule has 0 saturated heterocycles. The molecule has 0 aliphatic heterocycles.